The van der Waals surface area contributed by atoms with Gasteiger partial charge in [0, 0.05) is 48.2 Å². The van der Waals surface area contributed by atoms with E-state index in [2.05, 4.69) is 10.6 Å². The summed E-state index contributed by atoms with van der Waals surface area (Å²) in [7, 11) is -3.63. The molecule has 0 spiro atoms. The van der Waals surface area contributed by atoms with E-state index in [-0.39, 0.29) is 62.4 Å². The molecule has 1 aliphatic rings. The van der Waals surface area contributed by atoms with E-state index in [9.17, 15) is 31.2 Å². The lowest BCUT2D eigenvalue weighted by molar-refractivity contribution is -0.138. The molecule has 1 aliphatic heterocycles. The van der Waals surface area contributed by atoms with E-state index < -0.39 is 27.5 Å². The Morgan fingerprint density at radius 1 is 1.16 bits per heavy atom. The molecule has 38 heavy (non-hydrogen) atoms. The van der Waals surface area contributed by atoms with Crippen molar-refractivity contribution < 1.29 is 31.2 Å². The molecule has 2 amide bonds. The molecule has 0 radical (unpaired) electrons. The molecular weight excluding hydrogens is 566 g/mol. The number of carbonyl (C=O) groups excluding carboxylic acids is 2. The molecule has 208 valence electrons. The molecule has 0 aliphatic carbocycles. The second-order valence-corrected chi connectivity index (χ2v) is 12.2. The van der Waals surface area contributed by atoms with E-state index in [1.165, 1.54) is 38.1 Å². The third kappa shape index (κ3) is 7.62. The van der Waals surface area contributed by atoms with Crippen LogP contribution in [0.15, 0.2) is 35.2 Å². The number of sulfone groups is 1. The van der Waals surface area contributed by atoms with E-state index in [0.717, 1.165) is 12.5 Å². The Bertz CT molecular complexity index is 1320. The number of hydrogen-bond acceptors (Lipinski definition) is 5. The summed E-state index contributed by atoms with van der Waals surface area (Å²) in [4.78, 5) is 26.0. The van der Waals surface area contributed by atoms with E-state index in [4.69, 9.17) is 23.2 Å². The van der Waals surface area contributed by atoms with Crippen molar-refractivity contribution in [1.82, 2.24) is 15.5 Å². The third-order valence-electron chi connectivity index (χ3n) is 6.23. The second-order valence-electron chi connectivity index (χ2n) is 9.09. The Hall–Kier alpha value is -2.34. The molecule has 13 heteroatoms. The summed E-state index contributed by atoms with van der Waals surface area (Å²) in [5.74, 6) is -1.24. The SMILES string of the molecule is CCS(=O)(=O)c1ccc(Cl)cc1CNC(=O)c1cc(Cl)c(CN2CCC[C@H](NC(C)=O)C2)c(C(F)(F)F)c1. The number of amides is 2. The van der Waals surface area contributed by atoms with Gasteiger partial charge >= 0.3 is 6.18 Å². The largest absolute Gasteiger partial charge is 0.416 e. The summed E-state index contributed by atoms with van der Waals surface area (Å²) in [5.41, 5.74) is -1.30. The minimum atomic E-state index is -4.78. The molecule has 2 aromatic rings. The van der Waals surface area contributed by atoms with Crippen molar-refractivity contribution in [3.8, 4) is 0 Å². The van der Waals surface area contributed by atoms with Gasteiger partial charge in [0.15, 0.2) is 9.84 Å². The molecule has 1 fully saturated rings. The maximum absolute atomic E-state index is 14.0. The lowest BCUT2D eigenvalue weighted by Gasteiger charge is -2.33. The molecule has 0 unspecified atom stereocenters. The van der Waals surface area contributed by atoms with Gasteiger partial charge in [-0.25, -0.2) is 8.42 Å². The van der Waals surface area contributed by atoms with Crippen LogP contribution in [-0.2, 0) is 33.9 Å². The number of nitrogens with zero attached hydrogens (tertiary/aromatic N) is 1. The first-order valence-electron chi connectivity index (χ1n) is 11.9. The average molecular weight is 594 g/mol. The van der Waals surface area contributed by atoms with E-state index in [1.807, 2.05) is 0 Å². The Morgan fingerprint density at radius 3 is 2.50 bits per heavy atom. The van der Waals surface area contributed by atoms with Crippen LogP contribution in [0.4, 0.5) is 13.2 Å². The van der Waals surface area contributed by atoms with Crippen molar-refractivity contribution in [3.63, 3.8) is 0 Å². The topological polar surface area (TPSA) is 95.6 Å². The number of piperidine rings is 1. The number of halogens is 5. The summed E-state index contributed by atoms with van der Waals surface area (Å²) < 4.78 is 66.9. The summed E-state index contributed by atoms with van der Waals surface area (Å²) in [5, 5.41) is 5.29. The minimum absolute atomic E-state index is 0.0202. The van der Waals surface area contributed by atoms with Gasteiger partial charge in [-0.1, -0.05) is 30.1 Å². The smallest absolute Gasteiger partial charge is 0.352 e. The molecule has 2 aromatic carbocycles. The number of benzene rings is 2. The fourth-order valence-corrected chi connectivity index (χ4v) is 6.02. The molecule has 2 N–H and O–H groups in total. The fraction of sp³-hybridized carbons (Fsp3) is 0.440. The van der Waals surface area contributed by atoms with E-state index in [1.54, 1.807) is 4.90 Å². The monoisotopic (exact) mass is 593 g/mol. The van der Waals surface area contributed by atoms with Crippen LogP contribution in [0.2, 0.25) is 10.0 Å². The first kappa shape index (κ1) is 30.2. The maximum Gasteiger partial charge on any atom is 0.416 e. The molecule has 7 nitrogen and oxygen atoms in total. The van der Waals surface area contributed by atoms with E-state index in [0.29, 0.717) is 19.5 Å². The van der Waals surface area contributed by atoms with Crippen LogP contribution in [0, 0.1) is 0 Å². The predicted octanol–water partition coefficient (Wildman–Crippen LogP) is 4.84. The van der Waals surface area contributed by atoms with Crippen molar-refractivity contribution in [2.45, 2.75) is 56.9 Å². The summed E-state index contributed by atoms with van der Waals surface area (Å²) in [6.07, 6.45) is -3.36. The highest BCUT2D eigenvalue weighted by Gasteiger charge is 2.36. The van der Waals surface area contributed by atoms with Crippen molar-refractivity contribution in [1.29, 1.82) is 0 Å². The van der Waals surface area contributed by atoms with Crippen LogP contribution in [-0.4, -0.2) is 50.0 Å². The Morgan fingerprint density at radius 2 is 1.87 bits per heavy atom. The highest BCUT2D eigenvalue weighted by molar-refractivity contribution is 7.91. The first-order chi connectivity index (χ1) is 17.7. The zero-order chi connectivity index (χ0) is 28.3. The van der Waals surface area contributed by atoms with Gasteiger partial charge in [-0.05, 0) is 60.8 Å². The first-order valence-corrected chi connectivity index (χ1v) is 14.3. The molecule has 0 bridgehead atoms. The minimum Gasteiger partial charge on any atom is -0.352 e. The van der Waals surface area contributed by atoms with Gasteiger partial charge in [-0.15, -0.1) is 0 Å². The highest BCUT2D eigenvalue weighted by atomic mass is 35.5. The van der Waals surface area contributed by atoms with Crippen molar-refractivity contribution in [2.24, 2.45) is 0 Å². The van der Waals surface area contributed by atoms with Gasteiger partial charge in [0.25, 0.3) is 5.91 Å². The molecule has 3 rings (SSSR count). The second kappa shape index (κ2) is 12.2. The molecule has 0 aromatic heterocycles. The lowest BCUT2D eigenvalue weighted by Crippen LogP contribution is -2.46. The predicted molar refractivity (Wildman–Crippen MR) is 139 cm³/mol. The van der Waals surface area contributed by atoms with Crippen LogP contribution in [0.1, 0.15) is 53.7 Å². The van der Waals surface area contributed by atoms with Crippen molar-refractivity contribution >= 4 is 44.9 Å². The van der Waals surface area contributed by atoms with Crippen molar-refractivity contribution in [2.75, 3.05) is 18.8 Å². The van der Waals surface area contributed by atoms with Gasteiger partial charge in [0.05, 0.1) is 16.2 Å². The number of nitrogens with one attached hydrogen (secondary N) is 2. The van der Waals surface area contributed by atoms with Gasteiger partial charge in [-0.2, -0.15) is 13.2 Å². The molecule has 1 heterocycles. The summed E-state index contributed by atoms with van der Waals surface area (Å²) in [6.45, 7) is 3.39. The standard InChI is InChI=1S/C25H28Cl2F3N3O4S/c1-3-38(36,37)23-7-6-18(26)9-17(23)12-31-24(35)16-10-21(25(28,29)30)20(22(27)11-16)14-33-8-4-5-19(13-33)32-15(2)34/h6-7,9-11,19H,3-5,8,12-14H2,1-2H3,(H,31,35)(H,32,34)/t19-/m0/s1. The molecular formula is C25H28Cl2F3N3O4S. The van der Waals surface area contributed by atoms with Crippen LogP contribution in [0.25, 0.3) is 0 Å². The lowest BCUT2D eigenvalue weighted by atomic mass is 10.00. The van der Waals surface area contributed by atoms with E-state index >= 15 is 0 Å². The maximum atomic E-state index is 14.0. The van der Waals surface area contributed by atoms with Gasteiger partial charge in [0.1, 0.15) is 0 Å². The number of alkyl halides is 3. The quantitative estimate of drug-likeness (QED) is 0.457. The summed E-state index contributed by atoms with van der Waals surface area (Å²) >= 11 is 12.3. The van der Waals surface area contributed by atoms with Crippen LogP contribution in [0.5, 0.6) is 0 Å². The number of likely N-dealkylation sites (tertiary alicyclic amines) is 1. The molecule has 0 saturated carbocycles. The number of rotatable bonds is 8. The number of carbonyl (C=O) groups is 2. The molecule has 1 saturated heterocycles. The van der Waals surface area contributed by atoms with Crippen molar-refractivity contribution in [3.05, 3.63) is 62.6 Å². The average Bonchev–Trinajstić information content (AvgIpc) is 2.82. The number of hydrogen-bond donors (Lipinski definition) is 2. The zero-order valence-corrected chi connectivity index (χ0v) is 23.1. The fourth-order valence-electron chi connectivity index (χ4n) is 4.43. The highest BCUT2D eigenvalue weighted by Crippen LogP contribution is 2.37. The van der Waals surface area contributed by atoms with Gasteiger partial charge < -0.3 is 10.6 Å². The Labute approximate surface area is 229 Å². The Kier molecular flexibility index (Phi) is 9.72. The summed E-state index contributed by atoms with van der Waals surface area (Å²) in [6, 6.07) is 5.85. The van der Waals surface area contributed by atoms with Crippen LogP contribution >= 0.6 is 23.2 Å². The normalized spacial score (nSPS) is 16.8. The van der Waals surface area contributed by atoms with Crippen LogP contribution in [0.3, 0.4) is 0 Å². The molecule has 1 atom stereocenters. The zero-order valence-electron chi connectivity index (χ0n) is 20.8. The Balaban J connectivity index is 1.85. The van der Waals surface area contributed by atoms with Crippen LogP contribution < -0.4 is 10.6 Å². The van der Waals surface area contributed by atoms with Gasteiger partial charge in [-0.3, -0.25) is 14.5 Å². The third-order valence-corrected chi connectivity index (χ3v) is 8.64. The van der Waals surface area contributed by atoms with Gasteiger partial charge in [0.2, 0.25) is 5.91 Å².